The third-order valence-corrected chi connectivity index (χ3v) is 3.30. The van der Waals surface area contributed by atoms with Crippen LogP contribution in [0.3, 0.4) is 0 Å². The number of nitrogens with two attached hydrogens (primary N) is 2. The molecule has 1 fully saturated rings. The molecular formula is C13H18N4O2. The third-order valence-electron chi connectivity index (χ3n) is 3.30. The Morgan fingerprint density at radius 3 is 2.05 bits per heavy atom. The normalized spacial score (nSPS) is 16.3. The molecule has 1 aliphatic rings. The van der Waals surface area contributed by atoms with E-state index in [0.29, 0.717) is 17.8 Å². The van der Waals surface area contributed by atoms with E-state index in [1.807, 2.05) is 0 Å². The van der Waals surface area contributed by atoms with E-state index in [1.165, 1.54) is 0 Å². The van der Waals surface area contributed by atoms with Crippen molar-refractivity contribution in [3.05, 3.63) is 24.3 Å². The maximum Gasteiger partial charge on any atom is 0.316 e. The van der Waals surface area contributed by atoms with E-state index >= 15 is 0 Å². The molecule has 0 bridgehead atoms. The predicted molar refractivity (Wildman–Crippen MR) is 73.7 cm³/mol. The zero-order valence-electron chi connectivity index (χ0n) is 10.6. The molecule has 6 heteroatoms. The molecule has 0 aliphatic heterocycles. The average Bonchev–Trinajstić information content (AvgIpc) is 2.29. The Balaban J connectivity index is 1.88. The van der Waals surface area contributed by atoms with Gasteiger partial charge in [0.25, 0.3) is 0 Å². The van der Waals surface area contributed by atoms with Gasteiger partial charge in [0.05, 0.1) is 0 Å². The van der Waals surface area contributed by atoms with Crippen molar-refractivity contribution in [2.24, 2.45) is 11.5 Å². The number of hydrogen-bond donors (Lipinski definition) is 4. The van der Waals surface area contributed by atoms with Crippen LogP contribution >= 0.6 is 0 Å². The first-order valence-electron chi connectivity index (χ1n) is 6.22. The fourth-order valence-corrected chi connectivity index (χ4v) is 2.11. The molecule has 1 aromatic carbocycles. The Morgan fingerprint density at radius 2 is 1.63 bits per heavy atom. The molecule has 0 unspecified atom stereocenters. The van der Waals surface area contributed by atoms with E-state index in [-0.39, 0.29) is 11.4 Å². The monoisotopic (exact) mass is 262 g/mol. The number of carbonyl (C=O) groups excluding carboxylic acids is 2. The van der Waals surface area contributed by atoms with Crippen molar-refractivity contribution < 1.29 is 9.59 Å². The van der Waals surface area contributed by atoms with Gasteiger partial charge >= 0.3 is 6.03 Å². The van der Waals surface area contributed by atoms with Crippen LogP contribution in [0.25, 0.3) is 0 Å². The number of amides is 3. The lowest BCUT2D eigenvalue weighted by atomic mass is 9.75. The van der Waals surface area contributed by atoms with Crippen molar-refractivity contribution >= 4 is 23.3 Å². The van der Waals surface area contributed by atoms with Gasteiger partial charge in [0.2, 0.25) is 5.91 Å². The molecule has 3 amide bonds. The SMILES string of the molecule is NC(=O)Nc1ccc(NC(=O)CC2(N)CCC2)cc1. The van der Waals surface area contributed by atoms with Crippen LogP contribution in [-0.2, 0) is 4.79 Å². The fraction of sp³-hybridized carbons (Fsp3) is 0.385. The average molecular weight is 262 g/mol. The van der Waals surface area contributed by atoms with E-state index in [0.717, 1.165) is 19.3 Å². The van der Waals surface area contributed by atoms with Crippen LogP contribution in [0.15, 0.2) is 24.3 Å². The smallest absolute Gasteiger partial charge is 0.316 e. The standard InChI is InChI=1S/C13H18N4O2/c14-12(19)17-10-4-2-9(3-5-10)16-11(18)8-13(15)6-1-7-13/h2-5H,1,6-8,15H2,(H,16,18)(H3,14,17,19). The molecule has 102 valence electrons. The fourth-order valence-electron chi connectivity index (χ4n) is 2.11. The first-order valence-corrected chi connectivity index (χ1v) is 6.22. The molecular weight excluding hydrogens is 244 g/mol. The number of anilines is 2. The maximum atomic E-state index is 11.8. The molecule has 1 saturated carbocycles. The number of carbonyl (C=O) groups is 2. The summed E-state index contributed by atoms with van der Waals surface area (Å²) in [5.74, 6) is -0.0854. The summed E-state index contributed by atoms with van der Waals surface area (Å²) >= 11 is 0. The second-order valence-corrected chi connectivity index (χ2v) is 5.01. The van der Waals surface area contributed by atoms with Crippen molar-refractivity contribution in [2.45, 2.75) is 31.2 Å². The van der Waals surface area contributed by atoms with Gasteiger partial charge in [-0.1, -0.05) is 0 Å². The maximum absolute atomic E-state index is 11.8. The zero-order valence-corrected chi connectivity index (χ0v) is 10.6. The van der Waals surface area contributed by atoms with Gasteiger partial charge in [-0.05, 0) is 43.5 Å². The summed E-state index contributed by atoms with van der Waals surface area (Å²) in [5, 5.41) is 5.23. The Morgan fingerprint density at radius 1 is 1.11 bits per heavy atom. The van der Waals surface area contributed by atoms with Gasteiger partial charge in [0.15, 0.2) is 0 Å². The largest absolute Gasteiger partial charge is 0.351 e. The van der Waals surface area contributed by atoms with E-state index < -0.39 is 6.03 Å². The molecule has 0 radical (unpaired) electrons. The van der Waals surface area contributed by atoms with Crippen molar-refractivity contribution in [3.8, 4) is 0 Å². The minimum atomic E-state index is -0.619. The van der Waals surface area contributed by atoms with Gasteiger partial charge in [0.1, 0.15) is 0 Å². The molecule has 19 heavy (non-hydrogen) atoms. The molecule has 2 rings (SSSR count). The number of nitrogens with one attached hydrogen (secondary N) is 2. The summed E-state index contributed by atoms with van der Waals surface area (Å²) in [5.41, 5.74) is 11.9. The van der Waals surface area contributed by atoms with Gasteiger partial charge in [0, 0.05) is 23.3 Å². The van der Waals surface area contributed by atoms with Gasteiger partial charge in [-0.25, -0.2) is 4.79 Å². The minimum Gasteiger partial charge on any atom is -0.351 e. The molecule has 1 aliphatic carbocycles. The Hall–Kier alpha value is -2.08. The van der Waals surface area contributed by atoms with Gasteiger partial charge in [-0.15, -0.1) is 0 Å². The minimum absolute atomic E-state index is 0.0854. The highest BCUT2D eigenvalue weighted by Crippen LogP contribution is 2.32. The Kier molecular flexibility index (Phi) is 3.71. The van der Waals surface area contributed by atoms with Crippen LogP contribution in [0.4, 0.5) is 16.2 Å². The molecule has 0 atom stereocenters. The van der Waals surface area contributed by atoms with Crippen molar-refractivity contribution in [1.29, 1.82) is 0 Å². The molecule has 6 nitrogen and oxygen atoms in total. The molecule has 1 aromatic rings. The summed E-state index contributed by atoms with van der Waals surface area (Å²) < 4.78 is 0. The van der Waals surface area contributed by atoms with Crippen molar-refractivity contribution in [1.82, 2.24) is 0 Å². The van der Waals surface area contributed by atoms with E-state index in [2.05, 4.69) is 10.6 Å². The first kappa shape index (κ1) is 13.4. The second kappa shape index (κ2) is 5.27. The van der Waals surface area contributed by atoms with E-state index in [9.17, 15) is 9.59 Å². The van der Waals surface area contributed by atoms with E-state index in [4.69, 9.17) is 11.5 Å². The van der Waals surface area contributed by atoms with Crippen molar-refractivity contribution in [3.63, 3.8) is 0 Å². The summed E-state index contributed by atoms with van der Waals surface area (Å²) in [7, 11) is 0. The molecule has 0 aromatic heterocycles. The molecule has 0 saturated heterocycles. The highest BCUT2D eigenvalue weighted by Gasteiger charge is 2.34. The Bertz CT molecular complexity index is 480. The lowest BCUT2D eigenvalue weighted by Crippen LogP contribution is -2.48. The Labute approximate surface area is 111 Å². The number of rotatable bonds is 4. The van der Waals surface area contributed by atoms with Crippen LogP contribution in [-0.4, -0.2) is 17.5 Å². The topological polar surface area (TPSA) is 110 Å². The van der Waals surface area contributed by atoms with Crippen LogP contribution in [0.2, 0.25) is 0 Å². The third kappa shape index (κ3) is 3.69. The highest BCUT2D eigenvalue weighted by atomic mass is 16.2. The molecule has 0 heterocycles. The summed E-state index contributed by atoms with van der Waals surface area (Å²) in [6, 6.07) is 6.12. The van der Waals surface area contributed by atoms with Gasteiger partial charge in [-0.3, -0.25) is 4.79 Å². The lowest BCUT2D eigenvalue weighted by Gasteiger charge is -2.37. The summed E-state index contributed by atoms with van der Waals surface area (Å²) in [4.78, 5) is 22.5. The van der Waals surface area contributed by atoms with Gasteiger partial charge < -0.3 is 22.1 Å². The molecule has 0 spiro atoms. The zero-order chi connectivity index (χ0) is 13.9. The van der Waals surface area contributed by atoms with Crippen LogP contribution in [0.1, 0.15) is 25.7 Å². The molecule has 6 N–H and O–H groups in total. The van der Waals surface area contributed by atoms with Crippen LogP contribution in [0, 0.1) is 0 Å². The van der Waals surface area contributed by atoms with Crippen LogP contribution < -0.4 is 22.1 Å². The van der Waals surface area contributed by atoms with Crippen molar-refractivity contribution in [2.75, 3.05) is 10.6 Å². The van der Waals surface area contributed by atoms with Gasteiger partial charge in [-0.2, -0.15) is 0 Å². The van der Waals surface area contributed by atoms with Crippen LogP contribution in [0.5, 0.6) is 0 Å². The van der Waals surface area contributed by atoms with E-state index in [1.54, 1.807) is 24.3 Å². The lowest BCUT2D eigenvalue weighted by molar-refractivity contribution is -0.118. The highest BCUT2D eigenvalue weighted by molar-refractivity contribution is 5.92. The number of urea groups is 1. The first-order chi connectivity index (χ1) is 8.97. The summed E-state index contributed by atoms with van der Waals surface area (Å²) in [6.45, 7) is 0. The number of benzene rings is 1. The number of hydrogen-bond acceptors (Lipinski definition) is 3. The second-order valence-electron chi connectivity index (χ2n) is 5.01. The number of primary amides is 1. The summed E-state index contributed by atoms with van der Waals surface area (Å²) in [6.07, 6.45) is 3.25. The quantitative estimate of drug-likeness (QED) is 0.658. The predicted octanol–water partition coefficient (Wildman–Crippen LogP) is 1.39.